The summed E-state index contributed by atoms with van der Waals surface area (Å²) in [5, 5.41) is 0. The lowest BCUT2D eigenvalue weighted by Crippen LogP contribution is -1.97. The van der Waals surface area contributed by atoms with Gasteiger partial charge in [0.15, 0.2) is 5.78 Å². The van der Waals surface area contributed by atoms with Crippen LogP contribution in [0.15, 0.2) is 91.5 Å². The second kappa shape index (κ2) is 22.2. The summed E-state index contributed by atoms with van der Waals surface area (Å²) in [6.07, 6.45) is 28.3. The van der Waals surface area contributed by atoms with Crippen molar-refractivity contribution in [2.75, 3.05) is 6.61 Å². The third-order valence-corrected chi connectivity index (χ3v) is 8.21. The van der Waals surface area contributed by atoms with E-state index in [1.807, 2.05) is 66.7 Å². The van der Waals surface area contributed by atoms with E-state index in [0.717, 1.165) is 41.9 Å². The summed E-state index contributed by atoms with van der Waals surface area (Å²) in [7, 11) is 0. The highest BCUT2D eigenvalue weighted by molar-refractivity contribution is 6.06. The predicted molar refractivity (Wildman–Crippen MR) is 186 cm³/mol. The molecule has 3 rings (SSSR count). The normalized spacial score (nSPS) is 11.2. The highest BCUT2D eigenvalue weighted by Crippen LogP contribution is 2.17. The first-order valence-corrected chi connectivity index (χ1v) is 17.0. The second-order valence-electron chi connectivity index (χ2n) is 11.8. The highest BCUT2D eigenvalue weighted by atomic mass is 16.5. The fourth-order valence-corrected chi connectivity index (χ4v) is 5.46. The summed E-state index contributed by atoms with van der Waals surface area (Å²) in [5.41, 5.74) is 4.33. The molecule has 0 unspecified atom stereocenters. The van der Waals surface area contributed by atoms with Crippen molar-refractivity contribution >= 4 is 17.9 Å². The minimum absolute atomic E-state index is 0.0484. The molecule has 2 nitrogen and oxygen atoms in total. The van der Waals surface area contributed by atoms with Crippen molar-refractivity contribution < 1.29 is 9.53 Å². The van der Waals surface area contributed by atoms with E-state index in [1.54, 1.807) is 6.08 Å². The number of benzene rings is 3. The number of aryl methyl sites for hydroxylation is 1. The van der Waals surface area contributed by atoms with Crippen LogP contribution in [0.1, 0.15) is 130 Å². The molecule has 0 aliphatic carbocycles. The quantitative estimate of drug-likeness (QED) is 0.0600. The van der Waals surface area contributed by atoms with Crippen molar-refractivity contribution in [1.29, 1.82) is 0 Å². The van der Waals surface area contributed by atoms with Gasteiger partial charge in [-0.1, -0.05) is 175 Å². The standard InChI is InChI=1S/C41H54O2/c1-2-36-29-32-40(33-30-36)43-35-21-16-14-12-10-8-6-4-3-5-7-9-11-13-15-18-22-37-25-27-38(28-26-37)31-34-41(42)39-23-19-17-20-24-39/h2,17,19-20,23-34H,1,3-16,18,21-22,35H2. The number of hydrogen-bond acceptors (Lipinski definition) is 2. The molecule has 2 heteroatoms. The van der Waals surface area contributed by atoms with Crippen LogP contribution in [0.3, 0.4) is 0 Å². The van der Waals surface area contributed by atoms with E-state index in [0.29, 0.717) is 0 Å². The molecule has 0 N–H and O–H groups in total. The number of hydrogen-bond donors (Lipinski definition) is 0. The van der Waals surface area contributed by atoms with Gasteiger partial charge in [0.05, 0.1) is 6.61 Å². The molecule has 0 bridgehead atoms. The lowest BCUT2D eigenvalue weighted by atomic mass is 10.0. The maximum atomic E-state index is 12.2. The molecule has 230 valence electrons. The molecule has 0 fully saturated rings. The Bertz CT molecular complexity index is 1160. The van der Waals surface area contributed by atoms with Gasteiger partial charge in [0.2, 0.25) is 0 Å². The van der Waals surface area contributed by atoms with Gasteiger partial charge < -0.3 is 4.74 Å². The summed E-state index contributed by atoms with van der Waals surface area (Å²) in [5.74, 6) is 1.01. The van der Waals surface area contributed by atoms with Gasteiger partial charge in [0.1, 0.15) is 5.75 Å². The molecule has 0 radical (unpaired) electrons. The Morgan fingerprint density at radius 3 is 1.58 bits per heavy atom. The molecular weight excluding hydrogens is 524 g/mol. The molecule has 0 saturated carbocycles. The predicted octanol–water partition coefficient (Wildman–Crippen LogP) is 12.1. The Kier molecular flexibility index (Phi) is 17.6. The van der Waals surface area contributed by atoms with Crippen LogP contribution >= 0.6 is 0 Å². The first kappa shape index (κ1) is 34.1. The van der Waals surface area contributed by atoms with Gasteiger partial charge >= 0.3 is 0 Å². The van der Waals surface area contributed by atoms with Crippen LogP contribution in [-0.2, 0) is 6.42 Å². The van der Waals surface area contributed by atoms with E-state index < -0.39 is 0 Å². The fourth-order valence-electron chi connectivity index (χ4n) is 5.46. The summed E-state index contributed by atoms with van der Waals surface area (Å²) >= 11 is 0. The number of allylic oxidation sites excluding steroid dienone is 1. The number of carbonyl (C=O) groups excluding carboxylic acids is 1. The van der Waals surface area contributed by atoms with Crippen LogP contribution < -0.4 is 4.74 Å². The van der Waals surface area contributed by atoms with Crippen LogP contribution in [0.25, 0.3) is 12.2 Å². The van der Waals surface area contributed by atoms with Crippen LogP contribution in [0, 0.1) is 0 Å². The summed E-state index contributed by atoms with van der Waals surface area (Å²) < 4.78 is 5.83. The zero-order chi connectivity index (χ0) is 30.2. The van der Waals surface area contributed by atoms with E-state index in [1.165, 1.54) is 102 Å². The number of ketones is 1. The first-order valence-electron chi connectivity index (χ1n) is 17.0. The fraction of sp³-hybridized carbons (Fsp3) is 0.439. The first-order chi connectivity index (χ1) is 21.2. The maximum absolute atomic E-state index is 12.2. The number of unbranched alkanes of at least 4 members (excludes halogenated alkanes) is 15. The molecular formula is C41H54O2. The highest BCUT2D eigenvalue weighted by Gasteiger charge is 2.01. The molecule has 0 atom stereocenters. The van der Waals surface area contributed by atoms with Crippen LogP contribution in [0.4, 0.5) is 0 Å². The monoisotopic (exact) mass is 578 g/mol. The van der Waals surface area contributed by atoms with E-state index in [-0.39, 0.29) is 5.78 Å². The van der Waals surface area contributed by atoms with Crippen LogP contribution in [-0.4, -0.2) is 12.4 Å². The smallest absolute Gasteiger partial charge is 0.185 e. The van der Waals surface area contributed by atoms with E-state index in [4.69, 9.17) is 4.74 Å². The molecule has 0 aromatic heterocycles. The van der Waals surface area contributed by atoms with E-state index >= 15 is 0 Å². The van der Waals surface area contributed by atoms with E-state index in [9.17, 15) is 4.79 Å². The van der Waals surface area contributed by atoms with Gasteiger partial charge in [0, 0.05) is 5.56 Å². The molecule has 43 heavy (non-hydrogen) atoms. The van der Waals surface area contributed by atoms with Crippen molar-refractivity contribution in [2.24, 2.45) is 0 Å². The van der Waals surface area contributed by atoms with Crippen molar-refractivity contribution in [3.05, 3.63) is 114 Å². The molecule has 3 aromatic carbocycles. The molecule has 0 aliphatic heterocycles. The van der Waals surface area contributed by atoms with Crippen molar-refractivity contribution in [2.45, 2.75) is 109 Å². The van der Waals surface area contributed by atoms with Gasteiger partial charge in [-0.05, 0) is 54.2 Å². The minimum Gasteiger partial charge on any atom is -0.494 e. The van der Waals surface area contributed by atoms with Crippen LogP contribution in [0.5, 0.6) is 5.75 Å². The Morgan fingerprint density at radius 1 is 0.558 bits per heavy atom. The zero-order valence-electron chi connectivity index (χ0n) is 26.5. The minimum atomic E-state index is 0.0484. The molecule has 0 aliphatic rings. The third kappa shape index (κ3) is 15.6. The van der Waals surface area contributed by atoms with Gasteiger partial charge in [-0.15, -0.1) is 0 Å². The third-order valence-electron chi connectivity index (χ3n) is 8.21. The van der Waals surface area contributed by atoms with Crippen molar-refractivity contribution in [1.82, 2.24) is 0 Å². The van der Waals surface area contributed by atoms with Crippen LogP contribution in [0.2, 0.25) is 0 Å². The SMILES string of the molecule is C=Cc1ccc(OCCCCCCCCCCCCCCCCCCc2ccc(C=CC(=O)c3ccccc3)cc2)cc1. The summed E-state index contributed by atoms with van der Waals surface area (Å²) in [6.45, 7) is 4.61. The Balaban J connectivity index is 1.04. The molecule has 0 saturated heterocycles. The average Bonchev–Trinajstić information content (AvgIpc) is 3.06. The number of carbonyl (C=O) groups is 1. The molecule has 3 aromatic rings. The molecule has 0 heterocycles. The average molecular weight is 579 g/mol. The lowest BCUT2D eigenvalue weighted by Gasteiger charge is -2.06. The second-order valence-corrected chi connectivity index (χ2v) is 11.8. The number of ether oxygens (including phenoxy) is 1. The maximum Gasteiger partial charge on any atom is 0.185 e. The summed E-state index contributed by atoms with van der Waals surface area (Å²) in [4.78, 5) is 12.2. The van der Waals surface area contributed by atoms with Crippen molar-refractivity contribution in [3.63, 3.8) is 0 Å². The van der Waals surface area contributed by atoms with Crippen molar-refractivity contribution in [3.8, 4) is 5.75 Å². The molecule has 0 amide bonds. The summed E-state index contributed by atoms with van der Waals surface area (Å²) in [6, 6.07) is 26.2. The molecule has 0 spiro atoms. The Morgan fingerprint density at radius 2 is 1.05 bits per heavy atom. The number of rotatable bonds is 24. The van der Waals surface area contributed by atoms with Gasteiger partial charge in [-0.3, -0.25) is 4.79 Å². The van der Waals surface area contributed by atoms with E-state index in [2.05, 4.69) is 30.8 Å². The van der Waals surface area contributed by atoms with Gasteiger partial charge in [-0.25, -0.2) is 0 Å². The Hall–Kier alpha value is -3.39. The Labute approximate surface area is 262 Å². The van der Waals surface area contributed by atoms with Gasteiger partial charge in [-0.2, -0.15) is 0 Å². The lowest BCUT2D eigenvalue weighted by molar-refractivity contribution is 0.104. The topological polar surface area (TPSA) is 26.3 Å². The zero-order valence-corrected chi connectivity index (χ0v) is 26.5. The van der Waals surface area contributed by atoms with Gasteiger partial charge in [0.25, 0.3) is 0 Å². The largest absolute Gasteiger partial charge is 0.494 e.